The molecule has 8 aromatic rings. The van der Waals surface area contributed by atoms with Gasteiger partial charge < -0.3 is 10.2 Å². The maximum atomic E-state index is 11.9. The fourth-order valence-corrected chi connectivity index (χ4v) is 10.7. The number of aromatic hydroxyl groups is 2. The van der Waals surface area contributed by atoms with E-state index in [9.17, 15) is 10.2 Å². The quantitative estimate of drug-likeness (QED) is 0.178. The minimum Gasteiger partial charge on any atom is -0.507 e. The standard InChI is InChI=1S/C52H34N2O2/c55-49-31(29-53-51-41-19-7-1-13-35(41)47(36-14-2-8-20-42(36)51)37-15-3-9-21-43(37)51)25-27-34-33(49)28-26-32(50(34)56)30-54-52-44-22-10-4-16-38(44)48(39-17-5-11-23-45(39)52)40-18-6-12-24-46(40)52/h1-30,47-48,55-56H. The highest BCUT2D eigenvalue weighted by molar-refractivity contribution is 6.04. The highest BCUT2D eigenvalue weighted by atomic mass is 16.3. The van der Waals surface area contributed by atoms with Crippen molar-refractivity contribution in [2.45, 2.75) is 22.9 Å². The SMILES string of the molecule is Oc1c(C=NC23c4ccccc4C(c4ccccc42)c2ccccc23)ccc2c(O)c(C=NC34c5ccccc5C(c5ccccc53)c3ccccc34)ccc12. The molecule has 0 amide bonds. The molecule has 8 aromatic carbocycles. The van der Waals surface area contributed by atoms with Crippen LogP contribution in [0.5, 0.6) is 11.5 Å². The lowest BCUT2D eigenvalue weighted by molar-refractivity contribution is 0.474. The second-order valence-corrected chi connectivity index (χ2v) is 15.4. The Hall–Kier alpha value is -7.04. The molecule has 0 saturated carbocycles. The largest absolute Gasteiger partial charge is 0.507 e. The Kier molecular flexibility index (Phi) is 6.29. The third-order valence-corrected chi connectivity index (χ3v) is 13.0. The zero-order valence-corrected chi connectivity index (χ0v) is 30.3. The van der Waals surface area contributed by atoms with Crippen LogP contribution in [-0.4, -0.2) is 22.6 Å². The zero-order chi connectivity index (χ0) is 37.2. The van der Waals surface area contributed by atoms with Gasteiger partial charge >= 0.3 is 0 Å². The summed E-state index contributed by atoms with van der Waals surface area (Å²) in [6.07, 6.45) is 3.62. The van der Waals surface area contributed by atoms with Crippen molar-refractivity contribution in [3.63, 3.8) is 0 Å². The van der Waals surface area contributed by atoms with E-state index in [1.807, 2.05) is 36.7 Å². The maximum Gasteiger partial charge on any atom is 0.137 e. The number of benzene rings is 8. The van der Waals surface area contributed by atoms with Crippen molar-refractivity contribution >= 4 is 23.2 Å². The molecular weight excluding hydrogens is 685 g/mol. The first kappa shape index (κ1) is 31.3. The maximum absolute atomic E-state index is 11.9. The minimum absolute atomic E-state index is 0.0711. The molecule has 4 heteroatoms. The van der Waals surface area contributed by atoms with Crippen LogP contribution in [0, 0.1) is 0 Å². The molecule has 2 N–H and O–H groups in total. The zero-order valence-electron chi connectivity index (χ0n) is 30.3. The van der Waals surface area contributed by atoms with Gasteiger partial charge in [0.05, 0.1) is 0 Å². The average Bonchev–Trinajstić information content (AvgIpc) is 3.26. The van der Waals surface area contributed by atoms with Gasteiger partial charge in [-0.05, 0) is 91.0 Å². The molecule has 6 aliphatic rings. The van der Waals surface area contributed by atoms with Crippen LogP contribution in [0.4, 0.5) is 0 Å². The van der Waals surface area contributed by atoms with Gasteiger partial charge in [-0.2, -0.15) is 0 Å². The van der Waals surface area contributed by atoms with E-state index in [4.69, 9.17) is 9.98 Å². The van der Waals surface area contributed by atoms with Crippen molar-refractivity contribution in [2.24, 2.45) is 9.98 Å². The van der Waals surface area contributed by atoms with Crippen molar-refractivity contribution in [2.75, 3.05) is 0 Å². The first-order valence-electron chi connectivity index (χ1n) is 19.3. The topological polar surface area (TPSA) is 65.2 Å². The highest BCUT2D eigenvalue weighted by Crippen LogP contribution is 2.61. The summed E-state index contributed by atoms with van der Waals surface area (Å²) in [5.74, 6) is 0.443. The number of phenols is 2. The lowest BCUT2D eigenvalue weighted by Crippen LogP contribution is -2.41. The molecular formula is C52H34N2O2. The van der Waals surface area contributed by atoms with Gasteiger partial charge in [0.2, 0.25) is 0 Å². The first-order valence-corrected chi connectivity index (χ1v) is 19.3. The van der Waals surface area contributed by atoms with Crippen LogP contribution >= 0.6 is 0 Å². The fraction of sp³-hybridized carbons (Fsp3) is 0.0769. The molecule has 4 nitrogen and oxygen atoms in total. The second kappa shape index (κ2) is 11.2. The Labute approximate surface area is 324 Å². The van der Waals surface area contributed by atoms with Crippen LogP contribution in [0.3, 0.4) is 0 Å². The molecule has 0 atom stereocenters. The van der Waals surface area contributed by atoms with Crippen molar-refractivity contribution in [1.82, 2.24) is 0 Å². The summed E-state index contributed by atoms with van der Waals surface area (Å²) < 4.78 is 0. The fourth-order valence-electron chi connectivity index (χ4n) is 10.7. The molecule has 0 aromatic heterocycles. The molecule has 0 aliphatic heterocycles. The molecule has 264 valence electrons. The predicted molar refractivity (Wildman–Crippen MR) is 223 cm³/mol. The summed E-state index contributed by atoms with van der Waals surface area (Å²) in [7, 11) is 0. The van der Waals surface area contributed by atoms with E-state index < -0.39 is 11.1 Å². The molecule has 4 bridgehead atoms. The summed E-state index contributed by atoms with van der Waals surface area (Å²) >= 11 is 0. The second-order valence-electron chi connectivity index (χ2n) is 15.4. The highest BCUT2D eigenvalue weighted by Gasteiger charge is 2.52. The van der Waals surface area contributed by atoms with Crippen LogP contribution in [0.25, 0.3) is 10.8 Å². The predicted octanol–water partition coefficient (Wildman–Crippen LogP) is 10.7. The molecule has 0 saturated heterocycles. The number of hydrogen-bond donors (Lipinski definition) is 2. The Morgan fingerprint density at radius 3 is 0.857 bits per heavy atom. The van der Waals surface area contributed by atoms with E-state index in [1.165, 1.54) is 66.8 Å². The van der Waals surface area contributed by atoms with Gasteiger partial charge in [0, 0.05) is 46.2 Å². The van der Waals surface area contributed by atoms with Crippen LogP contribution in [0.1, 0.15) is 89.7 Å². The average molecular weight is 719 g/mol. The van der Waals surface area contributed by atoms with Crippen molar-refractivity contribution < 1.29 is 10.2 Å². The van der Waals surface area contributed by atoms with Gasteiger partial charge in [0.1, 0.15) is 22.6 Å². The molecule has 0 fully saturated rings. The lowest BCUT2D eigenvalue weighted by atomic mass is 9.57. The monoisotopic (exact) mass is 718 g/mol. The minimum atomic E-state index is -0.768. The molecule has 0 heterocycles. The summed E-state index contributed by atoms with van der Waals surface area (Å²) in [5.41, 5.74) is 14.2. The van der Waals surface area contributed by atoms with Crippen LogP contribution < -0.4 is 0 Å². The van der Waals surface area contributed by atoms with Crippen LogP contribution in [0.2, 0.25) is 0 Å². The molecule has 0 unspecified atom stereocenters. The summed E-state index contributed by atoms with van der Waals surface area (Å²) in [4.78, 5) is 10.9. The number of phenolic OH excluding ortho intramolecular Hbond substituents is 2. The van der Waals surface area contributed by atoms with E-state index >= 15 is 0 Å². The van der Waals surface area contributed by atoms with Crippen LogP contribution in [-0.2, 0) is 11.1 Å². The van der Waals surface area contributed by atoms with E-state index in [1.54, 1.807) is 0 Å². The number of hydrogen-bond acceptors (Lipinski definition) is 4. The van der Waals surface area contributed by atoms with Crippen molar-refractivity contribution in [3.8, 4) is 11.5 Å². The Morgan fingerprint density at radius 2 is 0.589 bits per heavy atom. The van der Waals surface area contributed by atoms with Crippen molar-refractivity contribution in [1.29, 1.82) is 0 Å². The van der Waals surface area contributed by atoms with Gasteiger partial charge in [0.25, 0.3) is 0 Å². The van der Waals surface area contributed by atoms with Crippen LogP contribution in [0.15, 0.2) is 180 Å². The Bertz CT molecular complexity index is 2610. The molecule has 0 spiro atoms. The molecule has 6 aliphatic carbocycles. The van der Waals surface area contributed by atoms with Gasteiger partial charge in [-0.3, -0.25) is 9.98 Å². The lowest BCUT2D eigenvalue weighted by Gasteiger charge is -2.48. The van der Waals surface area contributed by atoms with Gasteiger partial charge in [-0.15, -0.1) is 0 Å². The van der Waals surface area contributed by atoms with Gasteiger partial charge in [-0.25, -0.2) is 0 Å². The summed E-state index contributed by atoms with van der Waals surface area (Å²) in [5, 5.41) is 24.8. The van der Waals surface area contributed by atoms with E-state index in [0.717, 1.165) is 0 Å². The number of nitrogens with zero attached hydrogens (tertiary/aromatic N) is 2. The van der Waals surface area contributed by atoms with E-state index in [2.05, 4.69) is 146 Å². The molecule has 14 rings (SSSR count). The number of aliphatic imine (C=N–C) groups is 2. The molecule has 0 radical (unpaired) electrons. The smallest absolute Gasteiger partial charge is 0.137 e. The summed E-state index contributed by atoms with van der Waals surface area (Å²) in [6, 6.07) is 59.2. The first-order chi connectivity index (χ1) is 27.6. The third-order valence-electron chi connectivity index (χ3n) is 13.0. The molecule has 56 heavy (non-hydrogen) atoms. The Balaban J connectivity index is 0.984. The summed E-state index contributed by atoms with van der Waals surface area (Å²) in [6.45, 7) is 0. The number of fused-ring (bicyclic) bond motifs is 1. The third kappa shape index (κ3) is 3.83. The van der Waals surface area contributed by atoms with Crippen molar-refractivity contribution in [3.05, 3.63) is 248 Å². The Morgan fingerprint density at radius 1 is 0.339 bits per heavy atom. The van der Waals surface area contributed by atoms with E-state index in [-0.39, 0.29) is 23.3 Å². The number of rotatable bonds is 4. The van der Waals surface area contributed by atoms with Gasteiger partial charge in [-0.1, -0.05) is 146 Å². The van der Waals surface area contributed by atoms with E-state index in [0.29, 0.717) is 21.9 Å². The van der Waals surface area contributed by atoms with Gasteiger partial charge in [0.15, 0.2) is 0 Å². The normalized spacial score (nSPS) is 21.7.